The molecule has 3 N–H and O–H groups in total. The van der Waals surface area contributed by atoms with Crippen LogP contribution in [0.2, 0.25) is 0 Å². The number of carboxylic acid groups (broad SMARTS) is 1. The lowest BCUT2D eigenvalue weighted by atomic mass is 10.0. The molecule has 0 bridgehead atoms. The summed E-state index contributed by atoms with van der Waals surface area (Å²) < 4.78 is 6.00. The summed E-state index contributed by atoms with van der Waals surface area (Å²) in [6.07, 6.45) is 2.50. The second kappa shape index (κ2) is 13.8. The quantitative estimate of drug-likeness (QED) is 0.189. The molecule has 200 valence electrons. The molecule has 0 fully saturated rings. The number of nitrogens with one attached hydrogen (secondary N) is 1. The third kappa shape index (κ3) is 8.43. The number of benzene rings is 3. The largest absolute Gasteiger partial charge is 0.508 e. The molecule has 1 atom stereocenters. The Morgan fingerprint density at radius 2 is 1.46 bits per heavy atom. The van der Waals surface area contributed by atoms with Gasteiger partial charge < -0.3 is 20.3 Å². The summed E-state index contributed by atoms with van der Waals surface area (Å²) in [5.41, 5.74) is 4.67. The van der Waals surface area contributed by atoms with Gasteiger partial charge in [0.15, 0.2) is 0 Å². The smallest absolute Gasteiger partial charge is 0.326 e. The predicted octanol–water partition coefficient (Wildman–Crippen LogP) is 5.87. The molecule has 4 aromatic rings. The molecule has 0 radical (unpaired) electrons. The maximum atomic E-state index is 12.3. The Labute approximate surface area is 228 Å². The molecule has 0 unspecified atom stereocenters. The number of unbranched alkanes of at least 4 members (excludes halogenated alkanes) is 2. The van der Waals surface area contributed by atoms with E-state index in [0.29, 0.717) is 18.9 Å². The van der Waals surface area contributed by atoms with Gasteiger partial charge in [-0.2, -0.15) is 0 Å². The van der Waals surface area contributed by atoms with E-state index in [4.69, 9.17) is 9.72 Å². The highest BCUT2D eigenvalue weighted by Gasteiger charge is 2.20. The van der Waals surface area contributed by atoms with Gasteiger partial charge in [-0.3, -0.25) is 4.79 Å². The number of hydrogen-bond acceptors (Lipinski definition) is 5. The van der Waals surface area contributed by atoms with E-state index in [0.717, 1.165) is 40.8 Å². The van der Waals surface area contributed by atoms with E-state index in [9.17, 15) is 19.8 Å². The van der Waals surface area contributed by atoms with Gasteiger partial charge in [0.05, 0.1) is 12.3 Å². The van der Waals surface area contributed by atoms with Crippen molar-refractivity contribution in [2.24, 2.45) is 0 Å². The van der Waals surface area contributed by atoms with Crippen LogP contribution in [0.1, 0.15) is 31.2 Å². The monoisotopic (exact) mass is 524 g/mol. The molecule has 4 rings (SSSR count). The number of nitrogens with zero attached hydrogens (tertiary/aromatic N) is 1. The molecule has 7 heteroatoms. The number of rotatable bonds is 13. The van der Waals surface area contributed by atoms with Crippen LogP contribution < -0.4 is 10.1 Å². The van der Waals surface area contributed by atoms with E-state index >= 15 is 0 Å². The molecule has 1 heterocycles. The first-order chi connectivity index (χ1) is 19.0. The Morgan fingerprint density at radius 3 is 2.13 bits per heavy atom. The number of phenolic OH excluding ortho intramolecular Hbond substituents is 1. The summed E-state index contributed by atoms with van der Waals surface area (Å²) in [7, 11) is 0. The van der Waals surface area contributed by atoms with E-state index in [-0.39, 0.29) is 24.5 Å². The van der Waals surface area contributed by atoms with Crippen LogP contribution in [-0.4, -0.2) is 39.7 Å². The Balaban J connectivity index is 1.26. The second-order valence-corrected chi connectivity index (χ2v) is 9.30. The Hall–Kier alpha value is -4.65. The van der Waals surface area contributed by atoms with Crippen LogP contribution in [-0.2, 0) is 16.0 Å². The van der Waals surface area contributed by atoms with Crippen molar-refractivity contribution in [3.8, 4) is 34.0 Å². The first-order valence-corrected chi connectivity index (χ1v) is 13.0. The molecule has 39 heavy (non-hydrogen) atoms. The van der Waals surface area contributed by atoms with Crippen LogP contribution in [0, 0.1) is 0 Å². The molecule has 1 amide bonds. The first-order valence-electron chi connectivity index (χ1n) is 13.0. The summed E-state index contributed by atoms with van der Waals surface area (Å²) >= 11 is 0. The SMILES string of the molecule is O=C(CCCCCOc1cc(-c2ccccc2)cc(-c2ccccc2)n1)N[C@@H](Cc1ccc(O)cc1)C(=O)O. The molecular formula is C32H32N2O5. The maximum absolute atomic E-state index is 12.3. The third-order valence-corrected chi connectivity index (χ3v) is 6.29. The van der Waals surface area contributed by atoms with Gasteiger partial charge in [-0.1, -0.05) is 72.8 Å². The van der Waals surface area contributed by atoms with Crippen LogP contribution in [0.25, 0.3) is 22.4 Å². The van der Waals surface area contributed by atoms with Crippen LogP contribution in [0.4, 0.5) is 0 Å². The Morgan fingerprint density at radius 1 is 0.795 bits per heavy atom. The van der Waals surface area contributed by atoms with Crippen molar-refractivity contribution >= 4 is 11.9 Å². The molecule has 0 spiro atoms. The predicted molar refractivity (Wildman–Crippen MR) is 150 cm³/mol. The minimum Gasteiger partial charge on any atom is -0.508 e. The van der Waals surface area contributed by atoms with Crippen molar-refractivity contribution in [1.82, 2.24) is 10.3 Å². The molecule has 0 aliphatic heterocycles. The zero-order valence-corrected chi connectivity index (χ0v) is 21.6. The fraction of sp³-hybridized carbons (Fsp3) is 0.219. The number of phenols is 1. The molecule has 0 saturated heterocycles. The number of ether oxygens (including phenoxy) is 1. The zero-order chi connectivity index (χ0) is 27.5. The molecule has 0 saturated carbocycles. The fourth-order valence-electron chi connectivity index (χ4n) is 4.21. The van der Waals surface area contributed by atoms with Crippen LogP contribution in [0.3, 0.4) is 0 Å². The van der Waals surface area contributed by atoms with Crippen LogP contribution in [0.15, 0.2) is 97.1 Å². The molecule has 0 aliphatic rings. The van der Waals surface area contributed by atoms with Gasteiger partial charge in [-0.15, -0.1) is 0 Å². The average Bonchev–Trinajstić information content (AvgIpc) is 2.96. The van der Waals surface area contributed by atoms with Gasteiger partial charge in [0.2, 0.25) is 11.8 Å². The molecule has 7 nitrogen and oxygen atoms in total. The summed E-state index contributed by atoms with van der Waals surface area (Å²) in [5.74, 6) is -0.738. The number of carbonyl (C=O) groups is 2. The van der Waals surface area contributed by atoms with Crippen molar-refractivity contribution in [3.05, 3.63) is 103 Å². The number of pyridine rings is 1. The topological polar surface area (TPSA) is 109 Å². The molecule has 1 aromatic heterocycles. The summed E-state index contributed by atoms with van der Waals surface area (Å²) in [5, 5.41) is 21.5. The maximum Gasteiger partial charge on any atom is 0.326 e. The lowest BCUT2D eigenvalue weighted by molar-refractivity contribution is -0.141. The van der Waals surface area contributed by atoms with Crippen molar-refractivity contribution in [2.45, 2.75) is 38.1 Å². The summed E-state index contributed by atoms with van der Waals surface area (Å²) in [6.45, 7) is 0.458. The number of aromatic nitrogens is 1. The third-order valence-electron chi connectivity index (χ3n) is 6.29. The molecule has 3 aromatic carbocycles. The second-order valence-electron chi connectivity index (χ2n) is 9.30. The van der Waals surface area contributed by atoms with Gasteiger partial charge in [0.1, 0.15) is 11.8 Å². The summed E-state index contributed by atoms with van der Waals surface area (Å²) in [6, 6.07) is 29.3. The zero-order valence-electron chi connectivity index (χ0n) is 21.6. The van der Waals surface area contributed by atoms with Crippen molar-refractivity contribution in [2.75, 3.05) is 6.61 Å². The highest BCUT2D eigenvalue weighted by atomic mass is 16.5. The van der Waals surface area contributed by atoms with Gasteiger partial charge >= 0.3 is 5.97 Å². The van der Waals surface area contributed by atoms with Crippen molar-refractivity contribution < 1.29 is 24.5 Å². The highest BCUT2D eigenvalue weighted by Crippen LogP contribution is 2.28. The van der Waals surface area contributed by atoms with Gasteiger partial charge in [0.25, 0.3) is 0 Å². The van der Waals surface area contributed by atoms with E-state index in [2.05, 4.69) is 23.5 Å². The normalized spacial score (nSPS) is 11.5. The van der Waals surface area contributed by atoms with Gasteiger partial charge in [-0.05, 0) is 54.2 Å². The Kier molecular flexibility index (Phi) is 9.67. The highest BCUT2D eigenvalue weighted by molar-refractivity contribution is 5.83. The lowest BCUT2D eigenvalue weighted by Gasteiger charge is -2.15. The fourth-order valence-corrected chi connectivity index (χ4v) is 4.21. The standard InChI is InChI=1S/C32H32N2O5/c35-27-17-15-23(16-18-27)20-29(32(37)38)33-30(36)14-8-3-9-19-39-31-22-26(24-10-4-1-5-11-24)21-28(34-31)25-12-6-2-7-13-25/h1-2,4-7,10-13,15-18,21-22,29,35H,3,8-9,14,19-20H2,(H,33,36)(H,37,38)/t29-/m0/s1. The number of aromatic hydroxyl groups is 1. The number of aliphatic carboxylic acids is 1. The molecule has 0 aliphatic carbocycles. The lowest BCUT2D eigenvalue weighted by Crippen LogP contribution is -2.42. The van der Waals surface area contributed by atoms with Gasteiger partial charge in [0, 0.05) is 24.5 Å². The van der Waals surface area contributed by atoms with Gasteiger partial charge in [-0.25, -0.2) is 9.78 Å². The van der Waals surface area contributed by atoms with E-state index in [1.54, 1.807) is 12.1 Å². The molecular weight excluding hydrogens is 492 g/mol. The summed E-state index contributed by atoms with van der Waals surface area (Å²) in [4.78, 5) is 28.7. The minimum absolute atomic E-state index is 0.106. The van der Waals surface area contributed by atoms with E-state index < -0.39 is 12.0 Å². The average molecular weight is 525 g/mol. The Bertz CT molecular complexity index is 1300. The first kappa shape index (κ1) is 27.4. The minimum atomic E-state index is -1.09. The van der Waals surface area contributed by atoms with E-state index in [1.165, 1.54) is 12.1 Å². The van der Waals surface area contributed by atoms with Crippen molar-refractivity contribution in [3.63, 3.8) is 0 Å². The number of carboxylic acids is 1. The number of hydrogen-bond donors (Lipinski definition) is 3. The van der Waals surface area contributed by atoms with Crippen LogP contribution in [0.5, 0.6) is 11.6 Å². The van der Waals surface area contributed by atoms with Crippen LogP contribution >= 0.6 is 0 Å². The van der Waals surface area contributed by atoms with Crippen molar-refractivity contribution in [1.29, 1.82) is 0 Å². The number of amides is 1. The van der Waals surface area contributed by atoms with E-state index in [1.807, 2.05) is 54.6 Å². The number of carbonyl (C=O) groups excluding carboxylic acids is 1.